The predicted octanol–water partition coefficient (Wildman–Crippen LogP) is 4.88. The van der Waals surface area contributed by atoms with Crippen LogP contribution < -0.4 is 5.32 Å². The number of hydrogen-bond acceptors (Lipinski definition) is 5. The van der Waals surface area contributed by atoms with Crippen molar-refractivity contribution in [2.75, 3.05) is 5.32 Å². The number of anilines is 1. The quantitative estimate of drug-likeness (QED) is 0.436. The van der Waals surface area contributed by atoms with E-state index in [1.807, 2.05) is 12.1 Å². The summed E-state index contributed by atoms with van der Waals surface area (Å²) in [6, 6.07) is 17.1. The second-order valence-corrected chi connectivity index (χ2v) is 9.23. The highest BCUT2D eigenvalue weighted by Crippen LogP contribution is 2.32. The molecule has 3 atom stereocenters. The van der Waals surface area contributed by atoms with Crippen LogP contribution >= 0.6 is 0 Å². The maximum Gasteiger partial charge on any atom is 0.209 e. The largest absolute Gasteiger partial charge is 0.378 e. The van der Waals surface area contributed by atoms with E-state index < -0.39 is 5.60 Å². The Morgan fingerprint density at radius 2 is 2.03 bits per heavy atom. The molecule has 34 heavy (non-hydrogen) atoms. The van der Waals surface area contributed by atoms with Crippen LogP contribution in [0.25, 0.3) is 21.9 Å². The average Bonchev–Trinajstić information content (AvgIpc) is 3.25. The fraction of sp³-hybridized carbons (Fsp3) is 0.321. The smallest absolute Gasteiger partial charge is 0.209 e. The molecule has 4 aromatic rings. The molecule has 6 heteroatoms. The second-order valence-electron chi connectivity index (χ2n) is 9.23. The third kappa shape index (κ3) is 4.21. The monoisotopic (exact) mass is 449 g/mol. The highest BCUT2D eigenvalue weighted by Gasteiger charge is 2.30. The lowest BCUT2D eigenvalue weighted by atomic mass is 9.79. The predicted molar refractivity (Wildman–Crippen MR) is 135 cm³/mol. The van der Waals surface area contributed by atoms with Crippen LogP contribution in [0.3, 0.4) is 0 Å². The minimum atomic E-state index is -1.01. The van der Waals surface area contributed by atoms with Crippen molar-refractivity contribution in [2.45, 2.75) is 51.2 Å². The first-order valence-electron chi connectivity index (χ1n) is 11.7. The number of rotatable bonds is 3. The Balaban J connectivity index is 1.54. The zero-order valence-corrected chi connectivity index (χ0v) is 19.4. The second kappa shape index (κ2) is 8.82. The molecule has 0 aliphatic heterocycles. The van der Waals surface area contributed by atoms with Gasteiger partial charge in [-0.3, -0.25) is 0 Å². The van der Waals surface area contributed by atoms with E-state index in [2.05, 4.69) is 82.3 Å². The Morgan fingerprint density at radius 3 is 2.85 bits per heavy atom. The van der Waals surface area contributed by atoms with Crippen LogP contribution in [-0.4, -0.2) is 30.2 Å². The summed E-state index contributed by atoms with van der Waals surface area (Å²) in [5.74, 6) is 7.38. The fourth-order valence-electron chi connectivity index (χ4n) is 4.87. The molecule has 0 saturated heterocycles. The fourth-order valence-corrected chi connectivity index (χ4v) is 4.87. The zero-order chi connectivity index (χ0) is 23.7. The molecule has 2 N–H and O–H groups in total. The topological polar surface area (TPSA) is 75.9 Å². The Kier molecular flexibility index (Phi) is 5.69. The first kappa shape index (κ1) is 21.9. The van der Waals surface area contributed by atoms with Crippen molar-refractivity contribution in [3.8, 4) is 24.3 Å². The Labute approximate surface area is 199 Å². The van der Waals surface area contributed by atoms with Crippen molar-refractivity contribution in [3.05, 3.63) is 60.2 Å². The molecule has 170 valence electrons. The van der Waals surface area contributed by atoms with E-state index in [4.69, 9.17) is 6.42 Å². The van der Waals surface area contributed by atoms with Crippen LogP contribution in [-0.2, 0) is 0 Å². The normalized spacial score (nSPS) is 20.9. The lowest BCUT2D eigenvalue weighted by molar-refractivity contribution is 0.0410. The molecule has 2 aromatic carbocycles. The Bertz CT molecular complexity index is 1470. The van der Waals surface area contributed by atoms with Crippen molar-refractivity contribution >= 4 is 27.8 Å². The van der Waals surface area contributed by atoms with Gasteiger partial charge >= 0.3 is 0 Å². The average molecular weight is 450 g/mol. The van der Waals surface area contributed by atoms with Gasteiger partial charge in [0.2, 0.25) is 5.82 Å². The maximum atomic E-state index is 10.9. The van der Waals surface area contributed by atoms with Gasteiger partial charge in [0.05, 0.1) is 6.04 Å². The van der Waals surface area contributed by atoms with Gasteiger partial charge in [-0.25, -0.2) is 14.5 Å². The number of imidazole rings is 1. The van der Waals surface area contributed by atoms with Crippen LogP contribution in [0.1, 0.15) is 57.0 Å². The summed E-state index contributed by atoms with van der Waals surface area (Å²) in [5, 5.41) is 16.8. The van der Waals surface area contributed by atoms with Crippen molar-refractivity contribution in [1.29, 1.82) is 0 Å². The van der Waals surface area contributed by atoms with Crippen LogP contribution in [0.5, 0.6) is 0 Å². The minimum absolute atomic E-state index is 0.0515. The van der Waals surface area contributed by atoms with Gasteiger partial charge in [0, 0.05) is 6.04 Å². The van der Waals surface area contributed by atoms with Gasteiger partial charge in [-0.1, -0.05) is 68.2 Å². The third-order valence-electron chi connectivity index (χ3n) is 6.56. The number of terminal acetylenes is 1. The molecule has 0 spiro atoms. The number of nitrogens with one attached hydrogen (secondary N) is 1. The molecule has 2 aromatic heterocycles. The van der Waals surface area contributed by atoms with Crippen LogP contribution in [0.4, 0.5) is 5.82 Å². The molecule has 5 rings (SSSR count). The molecule has 2 heterocycles. The van der Waals surface area contributed by atoms with Gasteiger partial charge in [-0.05, 0) is 54.4 Å². The molecule has 1 aliphatic rings. The molecule has 1 saturated carbocycles. The molecule has 0 amide bonds. The first-order chi connectivity index (χ1) is 16.5. The lowest BCUT2D eigenvalue weighted by Crippen LogP contribution is -2.32. The number of nitrogens with zero attached hydrogens (tertiary/aromatic N) is 4. The Morgan fingerprint density at radius 1 is 1.21 bits per heavy atom. The summed E-state index contributed by atoms with van der Waals surface area (Å²) in [4.78, 5) is 13.7. The third-order valence-corrected chi connectivity index (χ3v) is 6.56. The van der Waals surface area contributed by atoms with Crippen LogP contribution in [0.15, 0.2) is 48.8 Å². The maximum absolute atomic E-state index is 10.9. The summed E-state index contributed by atoms with van der Waals surface area (Å²) in [7, 11) is 0. The van der Waals surface area contributed by atoms with E-state index in [0.717, 1.165) is 18.4 Å². The first-order valence-corrected chi connectivity index (χ1v) is 11.7. The molecule has 0 radical (unpaired) electrons. The van der Waals surface area contributed by atoms with Crippen molar-refractivity contribution < 1.29 is 5.11 Å². The standard InChI is InChI=1S/C28H27N5O/c1-4-33-18-29-25-26(30-20(3)22-13-7-11-21-10-5-6-12-23(21)22)31-24(32-27(25)33)14-16-28(34)15-8-9-19(2)17-28/h1,5-7,10-13,18-20,34H,8-9,15,17H2,2-3H3,(H,30,31,32)/t19-,20+,28-/m1/s1. The SMILES string of the molecule is C#Cn1cnc2c(N[C@@H](C)c3cccc4ccccc34)nc(C#C[C@]3(O)CCC[C@@H](C)C3)nc21. The number of benzene rings is 2. The number of fused-ring (bicyclic) bond motifs is 2. The number of aliphatic hydroxyl groups is 1. The number of hydrogen-bond donors (Lipinski definition) is 2. The minimum Gasteiger partial charge on any atom is -0.378 e. The number of aromatic nitrogens is 4. The van der Waals surface area contributed by atoms with Crippen molar-refractivity contribution in [1.82, 2.24) is 19.5 Å². The summed E-state index contributed by atoms with van der Waals surface area (Å²) in [6.07, 6.45) is 10.6. The zero-order valence-electron chi connectivity index (χ0n) is 19.4. The van der Waals surface area contributed by atoms with Gasteiger partial charge in [0.1, 0.15) is 11.9 Å². The van der Waals surface area contributed by atoms with Gasteiger partial charge in [0.25, 0.3) is 0 Å². The summed E-state index contributed by atoms with van der Waals surface area (Å²) in [6.45, 7) is 4.24. The Hall–Kier alpha value is -3.87. The molecular formula is C28H27N5O. The molecule has 0 unspecified atom stereocenters. The van der Waals surface area contributed by atoms with E-state index in [-0.39, 0.29) is 6.04 Å². The summed E-state index contributed by atoms with van der Waals surface area (Å²) < 4.78 is 1.52. The van der Waals surface area contributed by atoms with Gasteiger partial charge in [0.15, 0.2) is 17.0 Å². The summed E-state index contributed by atoms with van der Waals surface area (Å²) >= 11 is 0. The highest BCUT2D eigenvalue weighted by molar-refractivity contribution is 5.87. The molecule has 0 bridgehead atoms. The van der Waals surface area contributed by atoms with Crippen molar-refractivity contribution in [3.63, 3.8) is 0 Å². The van der Waals surface area contributed by atoms with Gasteiger partial charge < -0.3 is 10.4 Å². The van der Waals surface area contributed by atoms with Crippen molar-refractivity contribution in [2.24, 2.45) is 5.92 Å². The molecular weight excluding hydrogens is 422 g/mol. The van der Waals surface area contributed by atoms with E-state index in [1.165, 1.54) is 15.3 Å². The lowest BCUT2D eigenvalue weighted by Gasteiger charge is -2.30. The van der Waals surface area contributed by atoms with Crippen LogP contribution in [0.2, 0.25) is 0 Å². The molecule has 1 fully saturated rings. The van der Waals surface area contributed by atoms with E-state index >= 15 is 0 Å². The van der Waals surface area contributed by atoms with Gasteiger partial charge in [-0.2, -0.15) is 4.98 Å². The van der Waals surface area contributed by atoms with E-state index in [1.54, 1.807) is 6.33 Å². The van der Waals surface area contributed by atoms with E-state index in [9.17, 15) is 5.11 Å². The molecule has 6 nitrogen and oxygen atoms in total. The van der Waals surface area contributed by atoms with Gasteiger partial charge in [-0.15, -0.1) is 0 Å². The van der Waals surface area contributed by atoms with E-state index in [0.29, 0.717) is 41.6 Å². The molecule has 1 aliphatic carbocycles. The van der Waals surface area contributed by atoms with Crippen LogP contribution in [0, 0.1) is 30.2 Å². The summed E-state index contributed by atoms with van der Waals surface area (Å²) in [5.41, 5.74) is 1.24. The highest BCUT2D eigenvalue weighted by atomic mass is 16.3.